The molecule has 0 aliphatic heterocycles. The van der Waals surface area contributed by atoms with Crippen LogP contribution in [0.25, 0.3) is 0 Å². The first-order valence-corrected chi connectivity index (χ1v) is 14.3. The van der Waals surface area contributed by atoms with Gasteiger partial charge >= 0.3 is 63.1 Å². The van der Waals surface area contributed by atoms with E-state index in [4.69, 9.17) is 0 Å². The van der Waals surface area contributed by atoms with Gasteiger partial charge < -0.3 is 13.6 Å². The van der Waals surface area contributed by atoms with Gasteiger partial charge in [-0.3, -0.25) is 13.6 Å². The van der Waals surface area contributed by atoms with Crippen molar-refractivity contribution in [3.63, 3.8) is 0 Å². The van der Waals surface area contributed by atoms with Crippen LogP contribution >= 0.6 is 15.4 Å². The van der Waals surface area contributed by atoms with Gasteiger partial charge in [0, 0.05) is 0 Å². The van der Waals surface area contributed by atoms with Gasteiger partial charge in [0.1, 0.15) is 0 Å². The van der Waals surface area contributed by atoms with Gasteiger partial charge in [-0.25, -0.2) is 8.96 Å². The summed E-state index contributed by atoms with van der Waals surface area (Å²) in [6.45, 7) is -0.623. The number of allylic oxidation sites excluding steroid dienone is 1. The number of alkyl halides is 17. The van der Waals surface area contributed by atoms with Gasteiger partial charge in [-0.1, -0.05) is 0 Å². The Labute approximate surface area is 240 Å². The third kappa shape index (κ3) is 7.22. The van der Waals surface area contributed by atoms with Gasteiger partial charge in [0.15, 0.2) is 0 Å². The van der Waals surface area contributed by atoms with Crippen molar-refractivity contribution in [3.8, 4) is 0 Å². The Kier molecular flexibility index (Phi) is 13.2. The molecule has 45 heavy (non-hydrogen) atoms. The van der Waals surface area contributed by atoms with Crippen LogP contribution in [0, 0.1) is 0 Å². The Morgan fingerprint density at radius 2 is 0.778 bits per heavy atom. The minimum Gasteiger partial charge on any atom is -0.392 e. The molecule has 0 heterocycles. The molecular weight excluding hydrogens is 732 g/mol. The summed E-state index contributed by atoms with van der Waals surface area (Å²) in [4.78, 5) is 0. The highest BCUT2D eigenvalue weighted by Crippen LogP contribution is 2.69. The van der Waals surface area contributed by atoms with E-state index in [1.165, 1.54) is 0 Å². The lowest BCUT2D eigenvalue weighted by Crippen LogP contribution is -2.74. The summed E-state index contributed by atoms with van der Waals surface area (Å²) in [5.74, 6) is -65.1. The maximum absolute atomic E-state index is 15.1. The van der Waals surface area contributed by atoms with E-state index >= 15 is 4.39 Å². The quantitative estimate of drug-likeness (QED) is 0.0784. The van der Waals surface area contributed by atoms with Crippen molar-refractivity contribution < 1.29 is 111 Å². The number of hydrogen-bond donors (Lipinski definition) is 0. The lowest BCUT2D eigenvalue weighted by Gasteiger charge is -2.42. The Hall–Kier alpha value is -1.42. The SMILES string of the molecule is CCOP(=O)(OCC)O/C(=C(\F)C(F)(F)C(F)(F)C(F)(F)C(F)(F)C(F)(F)C(F)(F)C(F)(F)C(F)(F)F)P(=O)(OCC)OCC. The van der Waals surface area contributed by atoms with E-state index in [1.54, 1.807) is 0 Å². The molecule has 0 saturated heterocycles. The van der Waals surface area contributed by atoms with Crippen molar-refractivity contribution >= 4 is 15.4 Å². The average molecular weight is 752 g/mol. The minimum atomic E-state index is -9.03. The van der Waals surface area contributed by atoms with E-state index in [9.17, 15) is 83.8 Å². The maximum atomic E-state index is 15.1. The fraction of sp³-hybridized carbons (Fsp3) is 0.889. The zero-order chi connectivity index (χ0) is 36.5. The van der Waals surface area contributed by atoms with Gasteiger partial charge in [-0.05, 0) is 27.7 Å². The summed E-state index contributed by atoms with van der Waals surface area (Å²) in [5, 5.41) is 0. The zero-order valence-electron chi connectivity index (χ0n) is 22.4. The van der Waals surface area contributed by atoms with Crippen LogP contribution in [0.2, 0.25) is 0 Å². The van der Waals surface area contributed by atoms with Crippen molar-refractivity contribution in [2.45, 2.75) is 75.3 Å². The average Bonchev–Trinajstić information content (AvgIpc) is 2.86. The first-order chi connectivity index (χ1) is 19.7. The van der Waals surface area contributed by atoms with E-state index in [0.717, 1.165) is 27.7 Å². The third-order valence-corrected chi connectivity index (χ3v) is 8.49. The van der Waals surface area contributed by atoms with E-state index in [2.05, 4.69) is 22.6 Å². The molecule has 270 valence electrons. The second-order valence-electron chi connectivity index (χ2n) is 7.84. The molecule has 0 aromatic heterocycles. The molecule has 0 amide bonds. The van der Waals surface area contributed by atoms with Crippen molar-refractivity contribution in [2.24, 2.45) is 0 Å². The minimum absolute atomic E-state index is 0.770. The molecule has 0 saturated carbocycles. The molecule has 0 unspecified atom stereocenters. The zero-order valence-corrected chi connectivity index (χ0v) is 24.2. The first kappa shape index (κ1) is 43.6. The first-order valence-electron chi connectivity index (χ1n) is 11.3. The number of hydrogen-bond acceptors (Lipinski definition) is 7. The van der Waals surface area contributed by atoms with Crippen LogP contribution < -0.4 is 0 Å². The fourth-order valence-electron chi connectivity index (χ4n) is 2.65. The number of rotatable bonds is 18. The van der Waals surface area contributed by atoms with Gasteiger partial charge in [0.05, 0.1) is 26.4 Å². The van der Waals surface area contributed by atoms with Gasteiger partial charge in [-0.15, -0.1) is 0 Å². The van der Waals surface area contributed by atoms with Gasteiger partial charge in [0.2, 0.25) is 5.83 Å². The molecule has 0 spiro atoms. The third-order valence-electron chi connectivity index (χ3n) is 4.81. The topological polar surface area (TPSA) is 80.3 Å². The summed E-state index contributed by atoms with van der Waals surface area (Å²) < 4.78 is 293. The Morgan fingerprint density at radius 1 is 0.489 bits per heavy atom. The predicted octanol–water partition coefficient (Wildman–Crippen LogP) is 9.60. The second kappa shape index (κ2) is 13.6. The number of phosphoric ester groups is 1. The monoisotopic (exact) mass is 752 g/mol. The predicted molar refractivity (Wildman–Crippen MR) is 112 cm³/mol. The second-order valence-corrected chi connectivity index (χ2v) is 11.4. The maximum Gasteiger partial charge on any atom is 0.530 e. The molecule has 0 aromatic carbocycles. The van der Waals surface area contributed by atoms with E-state index < -0.39 is 101 Å². The smallest absolute Gasteiger partial charge is 0.392 e. The molecule has 0 atom stereocenters. The lowest BCUT2D eigenvalue weighted by atomic mass is 9.89. The molecular formula is C18H20F18O7P2. The normalized spacial score (nSPS) is 16.1. The van der Waals surface area contributed by atoms with Crippen LogP contribution in [0.4, 0.5) is 79.0 Å². The summed E-state index contributed by atoms with van der Waals surface area (Å²) in [6, 6.07) is 0. The molecule has 0 bridgehead atoms. The highest BCUT2D eigenvalue weighted by Gasteiger charge is 2.95. The fourth-order valence-corrected chi connectivity index (χ4v) is 5.83. The molecule has 0 rings (SSSR count). The summed E-state index contributed by atoms with van der Waals surface area (Å²) in [6.07, 6.45) is -7.96. The van der Waals surface area contributed by atoms with Crippen molar-refractivity contribution in [1.29, 1.82) is 0 Å². The largest absolute Gasteiger partial charge is 0.530 e. The molecule has 0 fully saturated rings. The summed E-state index contributed by atoms with van der Waals surface area (Å²) in [7, 11) is -11.9. The molecule has 0 radical (unpaired) electrons. The van der Waals surface area contributed by atoms with Crippen LogP contribution in [0.1, 0.15) is 27.7 Å². The van der Waals surface area contributed by atoms with Crippen molar-refractivity contribution in [1.82, 2.24) is 0 Å². The summed E-state index contributed by atoms with van der Waals surface area (Å²) >= 11 is 0. The van der Waals surface area contributed by atoms with Crippen LogP contribution in [0.5, 0.6) is 0 Å². The van der Waals surface area contributed by atoms with E-state index in [1.807, 2.05) is 0 Å². The summed E-state index contributed by atoms with van der Waals surface area (Å²) in [5.41, 5.74) is -3.18. The van der Waals surface area contributed by atoms with Crippen molar-refractivity contribution in [2.75, 3.05) is 26.4 Å². The van der Waals surface area contributed by atoms with Gasteiger partial charge in [-0.2, -0.15) is 74.6 Å². The van der Waals surface area contributed by atoms with Crippen molar-refractivity contribution in [3.05, 3.63) is 11.3 Å². The Balaban J connectivity index is 7.76. The van der Waals surface area contributed by atoms with Gasteiger partial charge in [0.25, 0.3) is 5.50 Å². The van der Waals surface area contributed by atoms with E-state index in [-0.39, 0.29) is 0 Å². The molecule has 27 heteroatoms. The van der Waals surface area contributed by atoms with Crippen LogP contribution in [-0.2, 0) is 31.7 Å². The molecule has 0 N–H and O–H groups in total. The van der Waals surface area contributed by atoms with E-state index in [0.29, 0.717) is 0 Å². The standard InChI is InChI=1S/C18H20F18O7P2/c1-5-39-44(37,40-6-2)10(43-45(38,41-7-3)42-8-4)9(19)11(20,21)12(22,23)13(24,25)14(26,27)15(28,29)16(30,31)17(32,33)18(34,35)36/h5-8H2,1-4H3/b10-9+. The number of phosphoric acid groups is 1. The molecule has 0 aliphatic rings. The highest BCUT2D eigenvalue weighted by molar-refractivity contribution is 7.59. The lowest BCUT2D eigenvalue weighted by molar-refractivity contribution is -0.460. The Bertz CT molecular complexity index is 1130. The highest BCUT2D eigenvalue weighted by atomic mass is 31.2. The Morgan fingerprint density at radius 3 is 1.07 bits per heavy atom. The molecule has 0 aliphatic carbocycles. The number of halogens is 18. The molecule has 0 aromatic rings. The van der Waals surface area contributed by atoms with Crippen LogP contribution in [0.3, 0.4) is 0 Å². The van der Waals surface area contributed by atoms with Crippen LogP contribution in [-0.4, -0.2) is 74.1 Å². The molecule has 7 nitrogen and oxygen atoms in total. The van der Waals surface area contributed by atoms with Crippen LogP contribution in [0.15, 0.2) is 11.3 Å².